The number of carbonyl (C=O) groups excluding carboxylic acids is 3. The Morgan fingerprint density at radius 2 is 1.80 bits per heavy atom. The largest absolute Gasteiger partial charge is 0.497 e. The fraction of sp³-hybridized carbons (Fsp3) is 0.500. The molecule has 1 atom stereocenters. The molecule has 0 radical (unpaired) electrons. The molecule has 25 heavy (non-hydrogen) atoms. The summed E-state index contributed by atoms with van der Waals surface area (Å²) in [7, 11) is 2.90. The lowest BCUT2D eigenvalue weighted by Gasteiger charge is -2.25. The molecule has 1 N–H and O–H groups in total. The molecule has 0 aliphatic rings. The minimum atomic E-state index is -0.442. The van der Waals surface area contributed by atoms with Crippen LogP contribution >= 0.6 is 0 Å². The molecule has 0 aliphatic heterocycles. The Morgan fingerprint density at radius 1 is 1.16 bits per heavy atom. The molecule has 0 saturated carbocycles. The number of amides is 2. The summed E-state index contributed by atoms with van der Waals surface area (Å²) in [6, 6.07) is 7.24. The molecule has 138 valence electrons. The van der Waals surface area contributed by atoms with Crippen molar-refractivity contribution in [3.05, 3.63) is 29.8 Å². The van der Waals surface area contributed by atoms with Crippen molar-refractivity contribution >= 4 is 17.8 Å². The van der Waals surface area contributed by atoms with Crippen molar-refractivity contribution in [1.82, 2.24) is 10.2 Å². The highest BCUT2D eigenvalue weighted by atomic mass is 16.5. The number of ether oxygens (including phenoxy) is 2. The van der Waals surface area contributed by atoms with E-state index in [1.165, 1.54) is 14.0 Å². The van der Waals surface area contributed by atoms with Gasteiger partial charge >= 0.3 is 5.97 Å². The van der Waals surface area contributed by atoms with Crippen LogP contribution in [0.25, 0.3) is 0 Å². The number of hydrogen-bond acceptors (Lipinski definition) is 5. The molecule has 0 aromatic heterocycles. The summed E-state index contributed by atoms with van der Waals surface area (Å²) in [5.41, 5.74) is 0.848. The third-order valence-corrected chi connectivity index (χ3v) is 3.72. The van der Waals surface area contributed by atoms with E-state index in [2.05, 4.69) is 5.32 Å². The molecule has 1 unspecified atom stereocenters. The second kappa shape index (κ2) is 10.3. The van der Waals surface area contributed by atoms with Crippen molar-refractivity contribution in [3.8, 4) is 5.75 Å². The molecular formula is C18H26N2O5. The SMILES string of the molecule is COC(=O)C(C)CN(CCNC(C)=O)C(=O)Cc1ccc(OC)cc1. The minimum Gasteiger partial charge on any atom is -0.497 e. The Hall–Kier alpha value is -2.57. The molecule has 0 saturated heterocycles. The van der Waals surface area contributed by atoms with E-state index in [0.717, 1.165) is 11.3 Å². The quantitative estimate of drug-likeness (QED) is 0.672. The molecule has 0 bridgehead atoms. The van der Waals surface area contributed by atoms with E-state index in [0.29, 0.717) is 13.1 Å². The Kier molecular flexibility index (Phi) is 8.46. The van der Waals surface area contributed by atoms with Crippen molar-refractivity contribution < 1.29 is 23.9 Å². The molecular weight excluding hydrogens is 324 g/mol. The fourth-order valence-corrected chi connectivity index (χ4v) is 2.32. The van der Waals surface area contributed by atoms with Gasteiger partial charge in [0.2, 0.25) is 11.8 Å². The maximum absolute atomic E-state index is 12.6. The first-order valence-corrected chi connectivity index (χ1v) is 8.10. The van der Waals surface area contributed by atoms with Crippen LogP contribution in [0.3, 0.4) is 0 Å². The average Bonchev–Trinajstić information content (AvgIpc) is 2.60. The van der Waals surface area contributed by atoms with Crippen molar-refractivity contribution in [3.63, 3.8) is 0 Å². The highest BCUT2D eigenvalue weighted by Gasteiger charge is 2.21. The average molecular weight is 350 g/mol. The highest BCUT2D eigenvalue weighted by molar-refractivity contribution is 5.80. The van der Waals surface area contributed by atoms with Crippen LogP contribution in [-0.4, -0.2) is 56.5 Å². The van der Waals surface area contributed by atoms with Crippen LogP contribution in [0.1, 0.15) is 19.4 Å². The van der Waals surface area contributed by atoms with Gasteiger partial charge in [-0.05, 0) is 17.7 Å². The summed E-state index contributed by atoms with van der Waals surface area (Å²) in [4.78, 5) is 36.8. The number of nitrogens with one attached hydrogen (secondary N) is 1. The second-order valence-corrected chi connectivity index (χ2v) is 5.77. The van der Waals surface area contributed by atoms with Crippen LogP contribution in [0.5, 0.6) is 5.75 Å². The summed E-state index contributed by atoms with van der Waals surface area (Å²) in [5, 5.41) is 2.66. The molecule has 0 heterocycles. The fourth-order valence-electron chi connectivity index (χ4n) is 2.32. The highest BCUT2D eigenvalue weighted by Crippen LogP contribution is 2.13. The number of benzene rings is 1. The second-order valence-electron chi connectivity index (χ2n) is 5.77. The summed E-state index contributed by atoms with van der Waals surface area (Å²) < 4.78 is 9.82. The lowest BCUT2D eigenvalue weighted by molar-refractivity contribution is -0.146. The van der Waals surface area contributed by atoms with Gasteiger partial charge < -0.3 is 19.7 Å². The van der Waals surface area contributed by atoms with Gasteiger partial charge in [0.15, 0.2) is 0 Å². The van der Waals surface area contributed by atoms with E-state index in [1.54, 1.807) is 31.1 Å². The Labute approximate surface area is 148 Å². The number of methoxy groups -OCH3 is 2. The first-order valence-electron chi connectivity index (χ1n) is 8.10. The third-order valence-electron chi connectivity index (χ3n) is 3.72. The van der Waals surface area contributed by atoms with Gasteiger partial charge in [0.1, 0.15) is 5.75 Å². The maximum atomic E-state index is 12.6. The zero-order valence-corrected chi connectivity index (χ0v) is 15.2. The van der Waals surface area contributed by atoms with Gasteiger partial charge in [-0.25, -0.2) is 0 Å². The van der Waals surface area contributed by atoms with Crippen molar-refractivity contribution in [2.24, 2.45) is 5.92 Å². The van der Waals surface area contributed by atoms with E-state index < -0.39 is 5.92 Å². The van der Waals surface area contributed by atoms with E-state index >= 15 is 0 Å². The molecule has 0 spiro atoms. The third kappa shape index (κ3) is 7.24. The van der Waals surface area contributed by atoms with E-state index in [1.807, 2.05) is 12.1 Å². The van der Waals surface area contributed by atoms with Crippen LogP contribution in [0.2, 0.25) is 0 Å². The van der Waals surface area contributed by atoms with E-state index in [-0.39, 0.29) is 30.7 Å². The van der Waals surface area contributed by atoms with Crippen molar-refractivity contribution in [2.45, 2.75) is 20.3 Å². The van der Waals surface area contributed by atoms with Crippen LogP contribution in [0.4, 0.5) is 0 Å². The van der Waals surface area contributed by atoms with Gasteiger partial charge in [0.05, 0.1) is 26.6 Å². The first kappa shape index (κ1) is 20.5. The zero-order valence-electron chi connectivity index (χ0n) is 15.2. The summed E-state index contributed by atoms with van der Waals surface area (Å²) >= 11 is 0. The van der Waals surface area contributed by atoms with Crippen molar-refractivity contribution in [2.75, 3.05) is 33.9 Å². The summed E-state index contributed by atoms with van der Waals surface area (Å²) in [5.74, 6) is -0.378. The lowest BCUT2D eigenvalue weighted by atomic mass is 10.1. The molecule has 1 aromatic carbocycles. The number of esters is 1. The minimum absolute atomic E-state index is 0.119. The van der Waals surface area contributed by atoms with Gasteiger partial charge in [-0.2, -0.15) is 0 Å². The smallest absolute Gasteiger partial charge is 0.310 e. The van der Waals surface area contributed by atoms with Crippen LogP contribution in [0.15, 0.2) is 24.3 Å². The van der Waals surface area contributed by atoms with Gasteiger partial charge in [-0.3, -0.25) is 14.4 Å². The maximum Gasteiger partial charge on any atom is 0.310 e. The van der Waals surface area contributed by atoms with E-state index in [4.69, 9.17) is 9.47 Å². The molecule has 7 heteroatoms. The predicted octanol–water partition coefficient (Wildman–Crippen LogP) is 1.01. The predicted molar refractivity (Wildman–Crippen MR) is 93.1 cm³/mol. The first-order chi connectivity index (χ1) is 11.9. The number of rotatable bonds is 9. The number of nitrogens with zero attached hydrogens (tertiary/aromatic N) is 1. The van der Waals surface area contributed by atoms with Crippen LogP contribution in [-0.2, 0) is 25.5 Å². The molecule has 1 rings (SSSR count). The van der Waals surface area contributed by atoms with Gasteiger partial charge in [-0.1, -0.05) is 19.1 Å². The normalized spacial score (nSPS) is 11.4. The van der Waals surface area contributed by atoms with Gasteiger partial charge in [0.25, 0.3) is 0 Å². The van der Waals surface area contributed by atoms with Gasteiger partial charge in [0, 0.05) is 26.6 Å². The zero-order chi connectivity index (χ0) is 18.8. The molecule has 1 aromatic rings. The topological polar surface area (TPSA) is 84.9 Å². The Bertz CT molecular complexity index is 586. The summed E-state index contributed by atoms with van der Waals surface area (Å²) in [6.45, 7) is 4.02. The lowest BCUT2D eigenvalue weighted by Crippen LogP contribution is -2.42. The van der Waals surface area contributed by atoms with Gasteiger partial charge in [-0.15, -0.1) is 0 Å². The van der Waals surface area contributed by atoms with Crippen LogP contribution < -0.4 is 10.1 Å². The molecule has 0 fully saturated rings. The summed E-state index contributed by atoms with van der Waals surface area (Å²) in [6.07, 6.45) is 0.206. The molecule has 2 amide bonds. The van der Waals surface area contributed by atoms with Crippen molar-refractivity contribution in [1.29, 1.82) is 0 Å². The standard InChI is InChI=1S/C18H26N2O5/c1-13(18(23)25-4)12-20(10-9-19-14(2)21)17(22)11-15-5-7-16(24-3)8-6-15/h5-8,13H,9-12H2,1-4H3,(H,19,21). The van der Waals surface area contributed by atoms with E-state index in [9.17, 15) is 14.4 Å². The number of hydrogen-bond donors (Lipinski definition) is 1. The molecule has 0 aliphatic carbocycles. The number of carbonyl (C=O) groups is 3. The Morgan fingerprint density at radius 3 is 2.32 bits per heavy atom. The monoisotopic (exact) mass is 350 g/mol. The van der Waals surface area contributed by atoms with Crippen LogP contribution in [0, 0.1) is 5.92 Å². The molecule has 7 nitrogen and oxygen atoms in total. The Balaban J connectivity index is 2.74.